The molecule has 0 fully saturated rings. The predicted octanol–water partition coefficient (Wildman–Crippen LogP) is 3.19. The molecule has 0 saturated carbocycles. The topological polar surface area (TPSA) is 56.9 Å². The quantitative estimate of drug-likeness (QED) is 0.921. The second-order valence-electron chi connectivity index (χ2n) is 4.27. The van der Waals surface area contributed by atoms with E-state index in [-0.39, 0.29) is 18.6 Å². The SMILES string of the molecule is N#C[C@@H](c1cscn1)[C@@H](CCO)c1c(F)cccc1F. The third-order valence-corrected chi connectivity index (χ3v) is 3.73. The number of aliphatic hydroxyl groups is 1. The van der Waals surface area contributed by atoms with Crippen LogP contribution in [0.25, 0.3) is 0 Å². The minimum absolute atomic E-state index is 0.0909. The molecule has 0 bridgehead atoms. The van der Waals surface area contributed by atoms with Crippen molar-refractivity contribution in [2.45, 2.75) is 18.3 Å². The van der Waals surface area contributed by atoms with Crippen LogP contribution in [0.1, 0.15) is 29.5 Å². The standard InChI is InChI=1S/C14H12F2N2OS/c15-11-2-1-3-12(16)14(11)9(4-5-19)10(6-17)13-7-20-8-18-13/h1-3,7-10,19H,4-5H2/t9-,10-/m1/s1. The highest BCUT2D eigenvalue weighted by molar-refractivity contribution is 7.07. The Bertz CT molecular complexity index is 590. The molecule has 0 aliphatic heterocycles. The van der Waals surface area contributed by atoms with Gasteiger partial charge in [-0.3, -0.25) is 0 Å². The normalized spacial score (nSPS) is 13.7. The highest BCUT2D eigenvalue weighted by atomic mass is 32.1. The molecule has 104 valence electrons. The van der Waals surface area contributed by atoms with Crippen LogP contribution in [0, 0.1) is 23.0 Å². The third-order valence-electron chi connectivity index (χ3n) is 3.12. The highest BCUT2D eigenvalue weighted by Gasteiger charge is 2.30. The van der Waals surface area contributed by atoms with Crippen LogP contribution in [-0.2, 0) is 0 Å². The zero-order valence-corrected chi connectivity index (χ0v) is 11.3. The van der Waals surface area contributed by atoms with Gasteiger partial charge in [-0.15, -0.1) is 11.3 Å². The maximum atomic E-state index is 13.9. The maximum Gasteiger partial charge on any atom is 0.129 e. The molecule has 0 unspecified atom stereocenters. The lowest BCUT2D eigenvalue weighted by Crippen LogP contribution is -2.15. The van der Waals surface area contributed by atoms with Gasteiger partial charge in [0.05, 0.1) is 23.2 Å². The van der Waals surface area contributed by atoms with Crippen molar-refractivity contribution in [1.82, 2.24) is 4.98 Å². The van der Waals surface area contributed by atoms with Crippen LogP contribution in [0.3, 0.4) is 0 Å². The average molecular weight is 294 g/mol. The van der Waals surface area contributed by atoms with Gasteiger partial charge in [0.1, 0.15) is 11.6 Å². The van der Waals surface area contributed by atoms with Crippen molar-refractivity contribution in [2.75, 3.05) is 6.61 Å². The number of rotatable bonds is 5. The highest BCUT2D eigenvalue weighted by Crippen LogP contribution is 2.37. The van der Waals surface area contributed by atoms with Crippen molar-refractivity contribution in [3.05, 3.63) is 52.0 Å². The molecule has 1 aromatic heterocycles. The Labute approximate surface area is 119 Å². The summed E-state index contributed by atoms with van der Waals surface area (Å²) >= 11 is 1.31. The van der Waals surface area contributed by atoms with Crippen molar-refractivity contribution < 1.29 is 13.9 Å². The first kappa shape index (κ1) is 14.6. The first-order valence-electron chi connectivity index (χ1n) is 6.01. The molecule has 1 heterocycles. The van der Waals surface area contributed by atoms with Gasteiger partial charge in [-0.2, -0.15) is 5.26 Å². The molecule has 20 heavy (non-hydrogen) atoms. The van der Waals surface area contributed by atoms with Crippen molar-refractivity contribution in [3.63, 3.8) is 0 Å². The largest absolute Gasteiger partial charge is 0.396 e. The summed E-state index contributed by atoms with van der Waals surface area (Å²) in [5.41, 5.74) is 1.87. The van der Waals surface area contributed by atoms with Crippen LogP contribution in [-0.4, -0.2) is 16.7 Å². The zero-order valence-electron chi connectivity index (χ0n) is 10.5. The fraction of sp³-hybridized carbons (Fsp3) is 0.286. The fourth-order valence-corrected chi connectivity index (χ4v) is 2.81. The molecule has 0 amide bonds. The molecular weight excluding hydrogens is 282 g/mol. The molecule has 0 spiro atoms. The second kappa shape index (κ2) is 6.55. The lowest BCUT2D eigenvalue weighted by molar-refractivity contribution is 0.268. The van der Waals surface area contributed by atoms with E-state index in [1.807, 2.05) is 6.07 Å². The molecule has 2 atom stereocenters. The van der Waals surface area contributed by atoms with E-state index in [1.54, 1.807) is 10.9 Å². The summed E-state index contributed by atoms with van der Waals surface area (Å²) in [4.78, 5) is 4.04. The summed E-state index contributed by atoms with van der Waals surface area (Å²) in [6.45, 7) is -0.263. The molecule has 6 heteroatoms. The smallest absolute Gasteiger partial charge is 0.129 e. The number of aliphatic hydroxyl groups excluding tert-OH is 1. The lowest BCUT2D eigenvalue weighted by atomic mass is 9.82. The Hall–Kier alpha value is -1.84. The Morgan fingerprint density at radius 2 is 2.05 bits per heavy atom. The van der Waals surface area contributed by atoms with E-state index in [9.17, 15) is 14.0 Å². The van der Waals surface area contributed by atoms with Crippen molar-refractivity contribution >= 4 is 11.3 Å². The van der Waals surface area contributed by atoms with Crippen molar-refractivity contribution in [3.8, 4) is 6.07 Å². The number of hydrogen-bond acceptors (Lipinski definition) is 4. The van der Waals surface area contributed by atoms with E-state index in [1.165, 1.54) is 17.4 Å². The summed E-state index contributed by atoms with van der Waals surface area (Å²) < 4.78 is 27.8. The second-order valence-corrected chi connectivity index (χ2v) is 4.99. The molecule has 3 nitrogen and oxygen atoms in total. The van der Waals surface area contributed by atoms with Gasteiger partial charge >= 0.3 is 0 Å². The Morgan fingerprint density at radius 3 is 2.55 bits per heavy atom. The molecule has 2 aromatic rings. The first-order valence-corrected chi connectivity index (χ1v) is 6.95. The van der Waals surface area contributed by atoms with Crippen LogP contribution >= 0.6 is 11.3 Å². The average Bonchev–Trinajstić information content (AvgIpc) is 2.93. The summed E-state index contributed by atoms with van der Waals surface area (Å²) in [5.74, 6) is -2.98. The van der Waals surface area contributed by atoms with E-state index in [0.29, 0.717) is 5.69 Å². The summed E-state index contributed by atoms with van der Waals surface area (Å²) in [5, 5.41) is 20.2. The van der Waals surface area contributed by atoms with Crippen molar-refractivity contribution in [1.29, 1.82) is 5.26 Å². The van der Waals surface area contributed by atoms with Gasteiger partial charge in [-0.25, -0.2) is 13.8 Å². The van der Waals surface area contributed by atoms with E-state index < -0.39 is 23.5 Å². The summed E-state index contributed by atoms with van der Waals surface area (Å²) in [6, 6.07) is 5.62. The number of benzene rings is 1. The molecule has 1 aromatic carbocycles. The molecule has 1 N–H and O–H groups in total. The maximum absolute atomic E-state index is 13.9. The van der Waals surface area contributed by atoms with E-state index in [4.69, 9.17) is 5.11 Å². The van der Waals surface area contributed by atoms with Gasteiger partial charge in [0.25, 0.3) is 0 Å². The fourth-order valence-electron chi connectivity index (χ4n) is 2.22. The van der Waals surface area contributed by atoms with Crippen LogP contribution in [0.15, 0.2) is 29.1 Å². The van der Waals surface area contributed by atoms with E-state index >= 15 is 0 Å². The number of nitrogens with zero attached hydrogens (tertiary/aromatic N) is 2. The van der Waals surface area contributed by atoms with Gasteiger partial charge in [-0.05, 0) is 18.6 Å². The van der Waals surface area contributed by atoms with Crippen LogP contribution in [0.5, 0.6) is 0 Å². The summed E-state index contributed by atoms with van der Waals surface area (Å²) in [7, 11) is 0. The number of thiazole rings is 1. The van der Waals surface area contributed by atoms with Crippen molar-refractivity contribution in [2.24, 2.45) is 0 Å². The number of aromatic nitrogens is 1. The number of halogens is 2. The molecule has 0 saturated heterocycles. The van der Waals surface area contributed by atoms with Gasteiger partial charge in [0.2, 0.25) is 0 Å². The van der Waals surface area contributed by atoms with E-state index in [2.05, 4.69) is 4.98 Å². The van der Waals surface area contributed by atoms with Gasteiger partial charge in [0.15, 0.2) is 0 Å². The van der Waals surface area contributed by atoms with Gasteiger partial charge in [0, 0.05) is 23.5 Å². The monoisotopic (exact) mass is 294 g/mol. The Kier molecular flexibility index (Phi) is 4.77. The van der Waals surface area contributed by atoms with Crippen LogP contribution in [0.4, 0.5) is 8.78 Å². The summed E-state index contributed by atoms with van der Waals surface area (Å²) in [6.07, 6.45) is 0.0909. The molecule has 2 rings (SSSR count). The van der Waals surface area contributed by atoms with Gasteiger partial charge < -0.3 is 5.11 Å². The first-order chi connectivity index (χ1) is 9.69. The molecule has 0 radical (unpaired) electrons. The number of hydrogen-bond donors (Lipinski definition) is 1. The van der Waals surface area contributed by atoms with Crippen LogP contribution < -0.4 is 0 Å². The minimum atomic E-state index is -0.792. The van der Waals surface area contributed by atoms with Crippen LogP contribution in [0.2, 0.25) is 0 Å². The van der Waals surface area contributed by atoms with E-state index in [0.717, 1.165) is 12.1 Å². The molecule has 0 aliphatic carbocycles. The predicted molar refractivity (Wildman–Crippen MR) is 71.3 cm³/mol. The minimum Gasteiger partial charge on any atom is -0.396 e. The molecular formula is C14H12F2N2OS. The number of nitriles is 1. The molecule has 0 aliphatic rings. The Morgan fingerprint density at radius 1 is 1.35 bits per heavy atom. The third kappa shape index (κ3) is 2.84. The zero-order chi connectivity index (χ0) is 14.5. The van der Waals surface area contributed by atoms with Gasteiger partial charge in [-0.1, -0.05) is 6.07 Å². The Balaban J connectivity index is 2.48. The lowest BCUT2D eigenvalue weighted by Gasteiger charge is -2.21.